The van der Waals surface area contributed by atoms with E-state index in [-0.39, 0.29) is 35.8 Å². The maximum Gasteiger partial charge on any atom is 0.220 e. The molecule has 32 heavy (non-hydrogen) atoms. The molecule has 2 aromatic rings. The Morgan fingerprint density at radius 1 is 1.22 bits per heavy atom. The van der Waals surface area contributed by atoms with Gasteiger partial charge >= 0.3 is 0 Å². The summed E-state index contributed by atoms with van der Waals surface area (Å²) in [4.78, 5) is 9.17. The largest absolute Gasteiger partial charge is 0.370 e. The van der Waals surface area contributed by atoms with Crippen molar-refractivity contribution in [2.75, 3.05) is 51.2 Å². The van der Waals surface area contributed by atoms with Crippen LogP contribution < -0.4 is 10.2 Å². The Morgan fingerprint density at radius 2 is 1.91 bits per heavy atom. The molecule has 9 nitrogen and oxygen atoms in total. The molecule has 2 heterocycles. The lowest BCUT2D eigenvalue weighted by atomic mass is 10.2. The second kappa shape index (κ2) is 12.4. The van der Waals surface area contributed by atoms with E-state index in [1.807, 2.05) is 25.1 Å². The zero-order valence-corrected chi connectivity index (χ0v) is 22.0. The van der Waals surface area contributed by atoms with Crippen LogP contribution in [0.2, 0.25) is 0 Å². The topological polar surface area (TPSA) is 94.3 Å². The van der Waals surface area contributed by atoms with Crippen LogP contribution in [0.4, 0.5) is 5.69 Å². The van der Waals surface area contributed by atoms with Crippen molar-refractivity contribution in [3.05, 3.63) is 48.4 Å². The number of rotatable bonds is 8. The van der Waals surface area contributed by atoms with Crippen molar-refractivity contribution in [3.63, 3.8) is 0 Å². The third kappa shape index (κ3) is 7.07. The van der Waals surface area contributed by atoms with E-state index >= 15 is 0 Å². The Hall–Kier alpha value is -1.86. The van der Waals surface area contributed by atoms with E-state index in [0.29, 0.717) is 38.4 Å². The molecular weight excluding hydrogens is 543 g/mol. The number of anilines is 1. The van der Waals surface area contributed by atoms with E-state index in [0.717, 1.165) is 18.2 Å². The van der Waals surface area contributed by atoms with E-state index in [4.69, 9.17) is 9.52 Å². The lowest BCUT2D eigenvalue weighted by molar-refractivity contribution is 0.259. The molecule has 1 unspecified atom stereocenters. The van der Waals surface area contributed by atoms with Gasteiger partial charge in [0.25, 0.3) is 0 Å². The number of piperazine rings is 1. The molecule has 1 aliphatic rings. The van der Waals surface area contributed by atoms with Gasteiger partial charge in [-0.25, -0.2) is 8.42 Å². The number of sulfonamides is 1. The number of halogens is 1. The second-order valence-electron chi connectivity index (χ2n) is 7.62. The molecule has 1 aliphatic heterocycles. The number of likely N-dealkylation sites (N-methyl/N-ethyl adjacent to an activating group) is 1. The van der Waals surface area contributed by atoms with Crippen LogP contribution in [0.25, 0.3) is 0 Å². The highest BCUT2D eigenvalue weighted by molar-refractivity contribution is 14.0. The van der Waals surface area contributed by atoms with Crippen molar-refractivity contribution >= 4 is 45.6 Å². The summed E-state index contributed by atoms with van der Waals surface area (Å²) in [7, 11) is -1.35. The number of nitrogens with zero attached hydrogens (tertiary/aromatic N) is 5. The summed E-state index contributed by atoms with van der Waals surface area (Å²) in [6.07, 6.45) is 1.39. The number of benzene rings is 1. The molecule has 11 heteroatoms. The Balaban J connectivity index is 0.00000363. The lowest BCUT2D eigenvalue weighted by Crippen LogP contribution is -2.54. The average Bonchev–Trinajstić information content (AvgIpc) is 3.29. The molecule has 0 amide bonds. The second-order valence-corrected chi connectivity index (χ2v) is 9.59. The molecule has 3 rings (SSSR count). The van der Waals surface area contributed by atoms with Gasteiger partial charge in [-0.05, 0) is 26.0 Å². The maximum absolute atomic E-state index is 12.7. The molecule has 1 fully saturated rings. The van der Waals surface area contributed by atoms with Gasteiger partial charge in [-0.2, -0.15) is 4.31 Å². The number of hydrogen-bond donors (Lipinski definition) is 1. The molecule has 0 bridgehead atoms. The predicted molar refractivity (Wildman–Crippen MR) is 138 cm³/mol. The highest BCUT2D eigenvalue weighted by Gasteiger charge is 2.29. The van der Waals surface area contributed by atoms with Gasteiger partial charge in [-0.1, -0.05) is 23.4 Å². The first kappa shape index (κ1) is 26.4. The number of hydrogen-bond acceptors (Lipinski definition) is 6. The van der Waals surface area contributed by atoms with Gasteiger partial charge in [0, 0.05) is 57.6 Å². The van der Waals surface area contributed by atoms with Crippen LogP contribution in [0.1, 0.15) is 19.5 Å². The summed E-state index contributed by atoms with van der Waals surface area (Å²) in [6, 6.07) is 12.0. The zero-order valence-electron chi connectivity index (χ0n) is 18.8. The van der Waals surface area contributed by atoms with E-state index in [1.165, 1.54) is 10.6 Å². The van der Waals surface area contributed by atoms with E-state index in [9.17, 15) is 8.42 Å². The van der Waals surface area contributed by atoms with Crippen LogP contribution in [0, 0.1) is 0 Å². The van der Waals surface area contributed by atoms with Crippen LogP contribution >= 0.6 is 24.0 Å². The molecule has 1 aromatic heterocycles. The normalized spacial score (nSPS) is 16.3. The van der Waals surface area contributed by atoms with Gasteiger partial charge in [0.05, 0.1) is 12.2 Å². The van der Waals surface area contributed by atoms with Gasteiger partial charge in [0.2, 0.25) is 10.0 Å². The first-order chi connectivity index (χ1) is 14.9. The molecule has 0 aliphatic carbocycles. The first-order valence-electron chi connectivity index (χ1n) is 10.6. The molecule has 1 saturated heterocycles. The van der Waals surface area contributed by atoms with Gasteiger partial charge in [-0.3, -0.25) is 4.99 Å². The summed E-state index contributed by atoms with van der Waals surface area (Å²) in [5.74, 6) is 0.686. The van der Waals surface area contributed by atoms with Gasteiger partial charge in [-0.15, -0.1) is 24.0 Å². The Labute approximate surface area is 207 Å². The minimum atomic E-state index is -3.42. The molecule has 0 spiro atoms. The fourth-order valence-electron chi connectivity index (χ4n) is 3.45. The van der Waals surface area contributed by atoms with Crippen LogP contribution in [0.3, 0.4) is 0 Å². The zero-order chi connectivity index (χ0) is 22.3. The molecular formula is C21H33IN6O3S. The Morgan fingerprint density at radius 3 is 2.50 bits per heavy atom. The Bertz CT molecular complexity index is 932. The van der Waals surface area contributed by atoms with Crippen LogP contribution in [-0.4, -0.2) is 81.1 Å². The number of aromatic nitrogens is 1. The van der Waals surface area contributed by atoms with Crippen molar-refractivity contribution in [1.29, 1.82) is 0 Å². The standard InChI is InChI=1S/C21H32N6O3S.HI/c1-4-22-21(23-16-18(2)25(3)20-8-6-5-7-9-20)26-11-13-27(14-12-26)31(28,29)17-19-10-15-30-24-19;/h5-10,15,18H,4,11-14,16-17H2,1-3H3,(H,22,23);1H. The molecule has 0 radical (unpaired) electrons. The van der Waals surface area contributed by atoms with E-state index in [1.54, 1.807) is 6.07 Å². The quantitative estimate of drug-likeness (QED) is 0.293. The first-order valence-corrected chi connectivity index (χ1v) is 12.2. The highest BCUT2D eigenvalue weighted by Crippen LogP contribution is 2.15. The lowest BCUT2D eigenvalue weighted by Gasteiger charge is -2.36. The maximum atomic E-state index is 12.7. The summed E-state index contributed by atoms with van der Waals surface area (Å²) in [6.45, 7) is 7.60. The van der Waals surface area contributed by atoms with Gasteiger partial charge < -0.3 is 19.6 Å². The SMILES string of the molecule is CCNC(=NCC(C)N(C)c1ccccc1)N1CCN(S(=O)(=O)Cc2ccon2)CC1.I. The third-order valence-electron chi connectivity index (χ3n) is 5.42. The van der Waals surface area contributed by atoms with Gasteiger partial charge in [0.1, 0.15) is 12.0 Å². The van der Waals surface area contributed by atoms with E-state index in [2.05, 4.69) is 46.4 Å². The predicted octanol–water partition coefficient (Wildman–Crippen LogP) is 2.23. The van der Waals surface area contributed by atoms with Crippen molar-refractivity contribution < 1.29 is 12.9 Å². The van der Waals surface area contributed by atoms with Crippen molar-refractivity contribution in [2.45, 2.75) is 25.6 Å². The molecule has 1 N–H and O–H groups in total. The number of guanidine groups is 1. The molecule has 1 aromatic carbocycles. The summed E-state index contributed by atoms with van der Waals surface area (Å²) in [5, 5.41) is 7.06. The van der Waals surface area contributed by atoms with Crippen LogP contribution in [0.5, 0.6) is 0 Å². The van der Waals surface area contributed by atoms with Crippen molar-refractivity contribution in [2.24, 2.45) is 4.99 Å². The van der Waals surface area contributed by atoms with Gasteiger partial charge in [0.15, 0.2) is 5.96 Å². The van der Waals surface area contributed by atoms with Crippen molar-refractivity contribution in [3.8, 4) is 0 Å². The minimum Gasteiger partial charge on any atom is -0.370 e. The third-order valence-corrected chi connectivity index (χ3v) is 7.23. The molecule has 178 valence electrons. The summed E-state index contributed by atoms with van der Waals surface area (Å²) in [5.41, 5.74) is 1.58. The summed E-state index contributed by atoms with van der Waals surface area (Å²) >= 11 is 0. The fourth-order valence-corrected chi connectivity index (χ4v) is 4.88. The van der Waals surface area contributed by atoms with E-state index < -0.39 is 10.0 Å². The molecule has 1 atom stereocenters. The van der Waals surface area contributed by atoms with Crippen LogP contribution in [0.15, 0.2) is 52.2 Å². The monoisotopic (exact) mass is 576 g/mol. The van der Waals surface area contributed by atoms with Crippen LogP contribution in [-0.2, 0) is 15.8 Å². The Kier molecular flexibility index (Phi) is 10.2. The highest BCUT2D eigenvalue weighted by atomic mass is 127. The summed E-state index contributed by atoms with van der Waals surface area (Å²) < 4.78 is 31.6. The van der Waals surface area contributed by atoms with Crippen molar-refractivity contribution in [1.82, 2.24) is 19.7 Å². The number of nitrogens with one attached hydrogen (secondary N) is 1. The number of para-hydroxylation sites is 1. The fraction of sp³-hybridized carbons (Fsp3) is 0.524. The smallest absolute Gasteiger partial charge is 0.220 e. The molecule has 0 saturated carbocycles. The minimum absolute atomic E-state index is 0. The number of aliphatic imine (C=N–C) groups is 1. The average molecular weight is 577 g/mol.